The van der Waals surface area contributed by atoms with E-state index in [1.165, 1.54) is 16.9 Å². The summed E-state index contributed by atoms with van der Waals surface area (Å²) in [5.41, 5.74) is 2.15. The molecule has 3 aromatic heterocycles. The Morgan fingerprint density at radius 3 is 2.93 bits per heavy atom. The molecule has 4 heterocycles. The van der Waals surface area contributed by atoms with Gasteiger partial charge >= 0.3 is 0 Å². The van der Waals surface area contributed by atoms with Gasteiger partial charge in [-0.05, 0) is 60.5 Å². The number of rotatable bonds is 6. The largest absolute Gasteiger partial charge is 0.343 e. The van der Waals surface area contributed by atoms with E-state index in [0.29, 0.717) is 5.92 Å². The summed E-state index contributed by atoms with van der Waals surface area (Å²) in [6, 6.07) is 13.7. The lowest BCUT2D eigenvalue weighted by Crippen LogP contribution is -2.43. The van der Waals surface area contributed by atoms with E-state index >= 15 is 0 Å². The average molecular weight is 393 g/mol. The summed E-state index contributed by atoms with van der Waals surface area (Å²) in [5, 5.41) is 5.19. The average Bonchev–Trinajstić information content (AvgIpc) is 3.29. The lowest BCUT2D eigenvalue weighted by molar-refractivity contribution is 0.0879. The number of amides is 1. The smallest absolute Gasteiger partial charge is 0.261 e. The Hall–Kier alpha value is -2.57. The highest BCUT2D eigenvalue weighted by molar-refractivity contribution is 7.12. The van der Waals surface area contributed by atoms with Gasteiger partial charge < -0.3 is 5.32 Å². The first-order chi connectivity index (χ1) is 13.8. The van der Waals surface area contributed by atoms with E-state index in [-0.39, 0.29) is 11.9 Å². The number of thiophene rings is 1. The Balaban J connectivity index is 1.51. The van der Waals surface area contributed by atoms with Gasteiger partial charge in [0.1, 0.15) is 0 Å². The second kappa shape index (κ2) is 9.08. The molecule has 1 aliphatic rings. The second-order valence-corrected chi connectivity index (χ2v) is 8.13. The van der Waals surface area contributed by atoms with Gasteiger partial charge in [0.05, 0.1) is 16.6 Å². The van der Waals surface area contributed by atoms with Crippen LogP contribution in [0.25, 0.3) is 0 Å². The molecular formula is C22H24N4OS. The van der Waals surface area contributed by atoms with Gasteiger partial charge in [0, 0.05) is 31.7 Å². The van der Waals surface area contributed by atoms with Crippen molar-refractivity contribution < 1.29 is 4.79 Å². The Morgan fingerprint density at radius 1 is 1.21 bits per heavy atom. The summed E-state index contributed by atoms with van der Waals surface area (Å²) in [6.07, 6.45) is 7.73. The van der Waals surface area contributed by atoms with Crippen LogP contribution < -0.4 is 5.32 Å². The van der Waals surface area contributed by atoms with E-state index in [4.69, 9.17) is 0 Å². The number of piperidine rings is 1. The zero-order valence-corrected chi connectivity index (χ0v) is 16.5. The van der Waals surface area contributed by atoms with Gasteiger partial charge in [-0.25, -0.2) is 0 Å². The monoisotopic (exact) mass is 392 g/mol. The molecule has 0 aliphatic carbocycles. The van der Waals surface area contributed by atoms with Gasteiger partial charge in [-0.3, -0.25) is 19.7 Å². The molecule has 6 heteroatoms. The molecule has 0 unspecified atom stereocenters. The maximum atomic E-state index is 12.8. The van der Waals surface area contributed by atoms with Crippen LogP contribution in [0.4, 0.5) is 0 Å². The van der Waals surface area contributed by atoms with Gasteiger partial charge in [0.25, 0.3) is 5.91 Å². The number of carbonyl (C=O) groups is 1. The zero-order chi connectivity index (χ0) is 19.2. The van der Waals surface area contributed by atoms with Crippen LogP contribution in [0, 0.1) is 5.92 Å². The predicted octanol–water partition coefficient (Wildman–Crippen LogP) is 3.92. The molecule has 5 nitrogen and oxygen atoms in total. The zero-order valence-electron chi connectivity index (χ0n) is 15.7. The number of likely N-dealkylation sites (tertiary alicyclic amines) is 1. The van der Waals surface area contributed by atoms with E-state index in [9.17, 15) is 4.79 Å². The number of carbonyl (C=O) groups excluding carboxylic acids is 1. The fourth-order valence-corrected chi connectivity index (χ4v) is 4.50. The molecule has 1 N–H and O–H groups in total. The maximum Gasteiger partial charge on any atom is 0.261 e. The van der Waals surface area contributed by atoms with Crippen LogP contribution in [0.3, 0.4) is 0 Å². The van der Waals surface area contributed by atoms with E-state index in [1.807, 2.05) is 48.0 Å². The van der Waals surface area contributed by atoms with Crippen LogP contribution in [0.5, 0.6) is 0 Å². The molecule has 28 heavy (non-hydrogen) atoms. The summed E-state index contributed by atoms with van der Waals surface area (Å²) in [4.78, 5) is 24.7. The van der Waals surface area contributed by atoms with Crippen LogP contribution in [0.1, 0.15) is 39.8 Å². The van der Waals surface area contributed by atoms with Gasteiger partial charge in [-0.2, -0.15) is 0 Å². The first kappa shape index (κ1) is 18.8. The molecule has 1 saturated heterocycles. The highest BCUT2D eigenvalue weighted by Crippen LogP contribution is 2.30. The van der Waals surface area contributed by atoms with E-state index in [0.717, 1.165) is 43.0 Å². The molecule has 0 radical (unpaired) electrons. The molecule has 1 amide bonds. The first-order valence-corrected chi connectivity index (χ1v) is 10.5. The van der Waals surface area contributed by atoms with Crippen molar-refractivity contribution in [1.82, 2.24) is 20.2 Å². The summed E-state index contributed by atoms with van der Waals surface area (Å²) < 4.78 is 0. The van der Waals surface area contributed by atoms with Crippen molar-refractivity contribution in [3.8, 4) is 0 Å². The third kappa shape index (κ3) is 4.64. The molecule has 0 bridgehead atoms. The van der Waals surface area contributed by atoms with Crippen molar-refractivity contribution >= 4 is 17.2 Å². The topological polar surface area (TPSA) is 58.1 Å². The second-order valence-electron chi connectivity index (χ2n) is 7.18. The highest BCUT2D eigenvalue weighted by Gasteiger charge is 2.30. The Labute approximate surface area is 169 Å². The third-order valence-electron chi connectivity index (χ3n) is 5.18. The van der Waals surface area contributed by atoms with Crippen molar-refractivity contribution in [2.45, 2.75) is 25.4 Å². The molecule has 0 saturated carbocycles. The van der Waals surface area contributed by atoms with Crippen LogP contribution in [-0.4, -0.2) is 33.9 Å². The SMILES string of the molecule is O=C(N[C@@H](c1ccccn1)[C@@H]1CCCN(Cc2cccnc2)C1)c1cccs1. The summed E-state index contributed by atoms with van der Waals surface area (Å²) in [7, 11) is 0. The lowest BCUT2D eigenvalue weighted by atomic mass is 9.88. The minimum absolute atomic E-state index is 0.0185. The third-order valence-corrected chi connectivity index (χ3v) is 6.05. The van der Waals surface area contributed by atoms with Crippen LogP contribution >= 0.6 is 11.3 Å². The quantitative estimate of drug-likeness (QED) is 0.691. The van der Waals surface area contributed by atoms with Gasteiger partial charge in [0.15, 0.2) is 0 Å². The number of nitrogens with one attached hydrogen (secondary N) is 1. The highest BCUT2D eigenvalue weighted by atomic mass is 32.1. The van der Waals surface area contributed by atoms with Crippen LogP contribution in [0.2, 0.25) is 0 Å². The number of nitrogens with zero attached hydrogens (tertiary/aromatic N) is 3. The Morgan fingerprint density at radius 2 is 2.18 bits per heavy atom. The standard InChI is InChI=1S/C22H24N4OS/c27-22(20-9-5-13-28-20)25-21(19-8-1-2-11-24-19)18-7-4-12-26(16-18)15-17-6-3-10-23-14-17/h1-3,5-6,8-11,13-14,18,21H,4,7,12,15-16H2,(H,25,27)/t18-,21-/m1/s1. The lowest BCUT2D eigenvalue weighted by Gasteiger charge is -2.37. The van der Waals surface area contributed by atoms with Crippen molar-refractivity contribution in [2.24, 2.45) is 5.92 Å². The molecule has 3 aromatic rings. The van der Waals surface area contributed by atoms with Crippen molar-refractivity contribution in [3.05, 3.63) is 82.6 Å². The molecule has 0 aromatic carbocycles. The molecule has 4 rings (SSSR count). The number of pyridine rings is 2. The van der Waals surface area contributed by atoms with Gasteiger partial charge in [-0.15, -0.1) is 11.3 Å². The van der Waals surface area contributed by atoms with Crippen molar-refractivity contribution in [2.75, 3.05) is 13.1 Å². The normalized spacial score (nSPS) is 18.5. The Kier molecular flexibility index (Phi) is 6.09. The van der Waals surface area contributed by atoms with Gasteiger partial charge in [-0.1, -0.05) is 18.2 Å². The first-order valence-electron chi connectivity index (χ1n) is 9.66. The number of aromatic nitrogens is 2. The summed E-state index contributed by atoms with van der Waals surface area (Å²) in [5.74, 6) is 0.305. The minimum Gasteiger partial charge on any atom is -0.343 e. The Bertz CT molecular complexity index is 870. The van der Waals surface area contributed by atoms with E-state index < -0.39 is 0 Å². The fourth-order valence-electron chi connectivity index (χ4n) is 3.87. The van der Waals surface area contributed by atoms with Crippen molar-refractivity contribution in [3.63, 3.8) is 0 Å². The van der Waals surface area contributed by atoms with E-state index in [2.05, 4.69) is 26.3 Å². The molecular weight excluding hydrogens is 368 g/mol. The number of hydrogen-bond donors (Lipinski definition) is 1. The van der Waals surface area contributed by atoms with Gasteiger partial charge in [0.2, 0.25) is 0 Å². The molecule has 2 atom stereocenters. The molecule has 1 aliphatic heterocycles. The maximum absolute atomic E-state index is 12.8. The fraction of sp³-hybridized carbons (Fsp3) is 0.318. The molecule has 0 spiro atoms. The van der Waals surface area contributed by atoms with Crippen LogP contribution in [0.15, 0.2) is 66.4 Å². The number of hydrogen-bond acceptors (Lipinski definition) is 5. The predicted molar refractivity (Wildman–Crippen MR) is 111 cm³/mol. The minimum atomic E-state index is -0.0903. The molecule has 144 valence electrons. The summed E-state index contributed by atoms with van der Waals surface area (Å²) in [6.45, 7) is 2.89. The van der Waals surface area contributed by atoms with Crippen LogP contribution in [-0.2, 0) is 6.54 Å². The summed E-state index contributed by atoms with van der Waals surface area (Å²) >= 11 is 1.47. The molecule has 1 fully saturated rings. The van der Waals surface area contributed by atoms with Crippen molar-refractivity contribution in [1.29, 1.82) is 0 Å². The van der Waals surface area contributed by atoms with E-state index in [1.54, 1.807) is 12.4 Å².